The van der Waals surface area contributed by atoms with Crippen LogP contribution in [0.25, 0.3) is 5.57 Å². The highest BCUT2D eigenvalue weighted by molar-refractivity contribution is 5.91. The minimum absolute atomic E-state index is 0.250. The van der Waals surface area contributed by atoms with Crippen LogP contribution in [0.3, 0.4) is 0 Å². The van der Waals surface area contributed by atoms with E-state index in [1.807, 2.05) is 37.3 Å². The average molecular weight is 246 g/mol. The quantitative estimate of drug-likeness (QED) is 0.558. The van der Waals surface area contributed by atoms with E-state index in [1.54, 1.807) is 6.08 Å². The molecule has 1 aromatic rings. The van der Waals surface area contributed by atoms with Gasteiger partial charge in [-0.2, -0.15) is 0 Å². The van der Waals surface area contributed by atoms with E-state index in [9.17, 15) is 4.79 Å². The number of ether oxygens (including phenoxy) is 1. The molecule has 98 valence electrons. The fourth-order valence-corrected chi connectivity index (χ4v) is 1.72. The zero-order chi connectivity index (χ0) is 13.4. The smallest absolute Gasteiger partial charge is 0.331 e. The standard InChI is InChI=1S/C16H22O2/c1-4-18-16(17)12-15(11-10-13(2)3)14-8-6-5-7-9-14/h5-9,12-13H,4,10-11H2,1-3H3. The first-order valence-electron chi connectivity index (χ1n) is 6.56. The summed E-state index contributed by atoms with van der Waals surface area (Å²) in [6, 6.07) is 10.0. The summed E-state index contributed by atoms with van der Waals surface area (Å²) in [5, 5.41) is 0. The Balaban J connectivity index is 2.85. The molecule has 0 aliphatic rings. The van der Waals surface area contributed by atoms with Crippen LogP contribution >= 0.6 is 0 Å². The van der Waals surface area contributed by atoms with Crippen molar-refractivity contribution in [3.05, 3.63) is 42.0 Å². The van der Waals surface area contributed by atoms with Gasteiger partial charge in [0.05, 0.1) is 6.61 Å². The Kier molecular flexibility index (Phi) is 6.20. The molecule has 0 heterocycles. The molecule has 0 amide bonds. The Morgan fingerprint density at radius 2 is 1.94 bits per heavy atom. The van der Waals surface area contributed by atoms with E-state index in [2.05, 4.69) is 13.8 Å². The second-order valence-corrected chi connectivity index (χ2v) is 4.72. The van der Waals surface area contributed by atoms with Gasteiger partial charge in [-0.3, -0.25) is 0 Å². The molecule has 2 nitrogen and oxygen atoms in total. The third-order valence-corrected chi connectivity index (χ3v) is 2.71. The molecule has 0 radical (unpaired) electrons. The van der Waals surface area contributed by atoms with Crippen LogP contribution in [0.15, 0.2) is 36.4 Å². The number of esters is 1. The lowest BCUT2D eigenvalue weighted by atomic mass is 9.97. The SMILES string of the molecule is CCOC(=O)C=C(CCC(C)C)c1ccccc1. The second-order valence-electron chi connectivity index (χ2n) is 4.72. The van der Waals surface area contributed by atoms with Gasteiger partial charge < -0.3 is 4.74 Å². The van der Waals surface area contributed by atoms with Crippen LogP contribution in [-0.2, 0) is 9.53 Å². The van der Waals surface area contributed by atoms with Crippen molar-refractivity contribution in [3.63, 3.8) is 0 Å². The van der Waals surface area contributed by atoms with Crippen LogP contribution in [0.2, 0.25) is 0 Å². The highest BCUT2D eigenvalue weighted by Gasteiger charge is 2.06. The van der Waals surface area contributed by atoms with Crippen molar-refractivity contribution in [1.29, 1.82) is 0 Å². The van der Waals surface area contributed by atoms with Gasteiger partial charge in [0.1, 0.15) is 0 Å². The molecular weight excluding hydrogens is 224 g/mol. The lowest BCUT2D eigenvalue weighted by molar-refractivity contribution is -0.137. The first-order valence-corrected chi connectivity index (χ1v) is 6.56. The number of carbonyl (C=O) groups excluding carboxylic acids is 1. The highest BCUT2D eigenvalue weighted by Crippen LogP contribution is 2.22. The van der Waals surface area contributed by atoms with Crippen LogP contribution in [0, 0.1) is 5.92 Å². The molecule has 0 aliphatic heterocycles. The summed E-state index contributed by atoms with van der Waals surface area (Å²) in [6.07, 6.45) is 3.60. The predicted molar refractivity (Wildman–Crippen MR) is 75.1 cm³/mol. The van der Waals surface area contributed by atoms with Crippen molar-refractivity contribution in [2.24, 2.45) is 5.92 Å². The molecule has 1 rings (SSSR count). The molecule has 0 aromatic heterocycles. The Morgan fingerprint density at radius 1 is 1.28 bits per heavy atom. The third kappa shape index (κ3) is 5.17. The molecule has 0 saturated heterocycles. The maximum absolute atomic E-state index is 11.6. The lowest BCUT2D eigenvalue weighted by Crippen LogP contribution is -2.01. The fraction of sp³-hybridized carbons (Fsp3) is 0.438. The first-order chi connectivity index (χ1) is 8.63. The monoisotopic (exact) mass is 246 g/mol. The molecular formula is C16H22O2. The van der Waals surface area contributed by atoms with E-state index in [-0.39, 0.29) is 5.97 Å². The normalized spacial score (nSPS) is 11.7. The second kappa shape index (κ2) is 7.70. The number of rotatable bonds is 6. The summed E-state index contributed by atoms with van der Waals surface area (Å²) in [7, 11) is 0. The van der Waals surface area contributed by atoms with Crippen molar-refractivity contribution in [1.82, 2.24) is 0 Å². The summed E-state index contributed by atoms with van der Waals surface area (Å²) in [4.78, 5) is 11.6. The average Bonchev–Trinajstić information content (AvgIpc) is 2.35. The molecule has 0 aliphatic carbocycles. The Bertz CT molecular complexity index is 391. The van der Waals surface area contributed by atoms with E-state index in [1.165, 1.54) is 0 Å². The molecule has 0 bridgehead atoms. The van der Waals surface area contributed by atoms with E-state index in [0.29, 0.717) is 12.5 Å². The fourth-order valence-electron chi connectivity index (χ4n) is 1.72. The van der Waals surface area contributed by atoms with Crippen molar-refractivity contribution in [2.75, 3.05) is 6.61 Å². The van der Waals surface area contributed by atoms with E-state index >= 15 is 0 Å². The van der Waals surface area contributed by atoms with Gasteiger partial charge in [0.25, 0.3) is 0 Å². The van der Waals surface area contributed by atoms with Gasteiger partial charge in [0, 0.05) is 6.08 Å². The molecule has 0 atom stereocenters. The topological polar surface area (TPSA) is 26.3 Å². The number of carbonyl (C=O) groups is 1. The van der Waals surface area contributed by atoms with Crippen LogP contribution in [0.1, 0.15) is 39.2 Å². The molecule has 0 fully saturated rings. The predicted octanol–water partition coefficient (Wildman–Crippen LogP) is 4.07. The Labute approximate surface area is 110 Å². The molecule has 18 heavy (non-hydrogen) atoms. The van der Waals surface area contributed by atoms with Crippen molar-refractivity contribution in [3.8, 4) is 0 Å². The zero-order valence-electron chi connectivity index (χ0n) is 11.5. The summed E-state index contributed by atoms with van der Waals surface area (Å²) < 4.78 is 4.99. The lowest BCUT2D eigenvalue weighted by Gasteiger charge is -2.10. The van der Waals surface area contributed by atoms with E-state index in [0.717, 1.165) is 24.0 Å². The number of hydrogen-bond donors (Lipinski definition) is 0. The van der Waals surface area contributed by atoms with Gasteiger partial charge in [-0.15, -0.1) is 0 Å². The van der Waals surface area contributed by atoms with Crippen LogP contribution in [-0.4, -0.2) is 12.6 Å². The summed E-state index contributed by atoms with van der Waals surface area (Å²) in [5.74, 6) is 0.374. The first kappa shape index (κ1) is 14.5. The van der Waals surface area contributed by atoms with Crippen LogP contribution in [0.5, 0.6) is 0 Å². The Hall–Kier alpha value is -1.57. The minimum Gasteiger partial charge on any atom is -0.463 e. The third-order valence-electron chi connectivity index (χ3n) is 2.71. The van der Waals surface area contributed by atoms with Crippen molar-refractivity contribution < 1.29 is 9.53 Å². The van der Waals surface area contributed by atoms with E-state index < -0.39 is 0 Å². The summed E-state index contributed by atoms with van der Waals surface area (Å²) in [6.45, 7) is 6.61. The minimum atomic E-state index is -0.250. The summed E-state index contributed by atoms with van der Waals surface area (Å²) in [5.41, 5.74) is 2.16. The van der Waals surface area contributed by atoms with Gasteiger partial charge in [-0.05, 0) is 36.8 Å². The van der Waals surface area contributed by atoms with Gasteiger partial charge in [-0.25, -0.2) is 4.79 Å². The Morgan fingerprint density at radius 3 is 2.50 bits per heavy atom. The summed E-state index contributed by atoms with van der Waals surface area (Å²) >= 11 is 0. The maximum Gasteiger partial charge on any atom is 0.331 e. The van der Waals surface area contributed by atoms with Crippen LogP contribution in [0.4, 0.5) is 0 Å². The molecule has 2 heteroatoms. The molecule has 0 unspecified atom stereocenters. The molecule has 0 spiro atoms. The van der Waals surface area contributed by atoms with Crippen molar-refractivity contribution in [2.45, 2.75) is 33.6 Å². The number of hydrogen-bond acceptors (Lipinski definition) is 2. The van der Waals surface area contributed by atoms with Gasteiger partial charge >= 0.3 is 5.97 Å². The highest BCUT2D eigenvalue weighted by atomic mass is 16.5. The van der Waals surface area contributed by atoms with Gasteiger partial charge in [-0.1, -0.05) is 44.2 Å². The molecule has 0 saturated carbocycles. The maximum atomic E-state index is 11.6. The van der Waals surface area contributed by atoms with Crippen molar-refractivity contribution >= 4 is 11.5 Å². The van der Waals surface area contributed by atoms with Gasteiger partial charge in [0.2, 0.25) is 0 Å². The zero-order valence-corrected chi connectivity index (χ0v) is 11.5. The number of allylic oxidation sites excluding steroid dienone is 1. The van der Waals surface area contributed by atoms with Gasteiger partial charge in [0.15, 0.2) is 0 Å². The molecule has 1 aromatic carbocycles. The number of benzene rings is 1. The largest absolute Gasteiger partial charge is 0.463 e. The molecule has 0 N–H and O–H groups in total. The van der Waals surface area contributed by atoms with Crippen LogP contribution < -0.4 is 0 Å². The van der Waals surface area contributed by atoms with E-state index in [4.69, 9.17) is 4.74 Å².